The minimum absolute atomic E-state index is 0.00177. The van der Waals surface area contributed by atoms with Crippen LogP contribution in [0.1, 0.15) is 35.6 Å². The Morgan fingerprint density at radius 3 is 2.60 bits per heavy atom. The Morgan fingerprint density at radius 2 is 1.88 bits per heavy atom. The largest absolute Gasteiger partial charge is 0.506 e. The van der Waals surface area contributed by atoms with Crippen LogP contribution in [0.5, 0.6) is 5.75 Å². The van der Waals surface area contributed by atoms with E-state index in [2.05, 4.69) is 20.4 Å². The van der Waals surface area contributed by atoms with E-state index in [-0.39, 0.29) is 52.8 Å². The van der Waals surface area contributed by atoms with E-state index >= 15 is 0 Å². The molecule has 5 aromatic rings. The molecule has 1 atom stereocenters. The minimum atomic E-state index is -1.21. The normalized spacial score (nSPS) is 16.0. The molecule has 3 heterocycles. The number of rotatable bonds is 7. The molecule has 5 N–H and O–H groups in total. The molecule has 1 aliphatic heterocycles. The molecule has 212 valence electrons. The van der Waals surface area contributed by atoms with Crippen LogP contribution < -0.4 is 11.1 Å². The first-order valence-corrected chi connectivity index (χ1v) is 13.4. The Kier molecular flexibility index (Phi) is 6.53. The zero-order valence-corrected chi connectivity index (χ0v) is 23.0. The number of carbonyl (C=O) groups excluding carboxylic acids is 1. The monoisotopic (exact) mass is 586 g/mol. The number of anilines is 2. The van der Waals surface area contributed by atoms with Gasteiger partial charge in [0.25, 0.3) is 0 Å². The van der Waals surface area contributed by atoms with Crippen molar-refractivity contribution < 1.29 is 24.2 Å². The van der Waals surface area contributed by atoms with Gasteiger partial charge in [0, 0.05) is 17.4 Å². The number of hydrogen-bond acceptors (Lipinski definition) is 7. The Bertz CT molecular complexity index is 1910. The van der Waals surface area contributed by atoms with Gasteiger partial charge in [-0.3, -0.25) is 14.3 Å². The highest BCUT2D eigenvalue weighted by atomic mass is 35.5. The molecule has 0 aliphatic carbocycles. The number of aryl methyl sites for hydroxylation is 1. The Balaban J connectivity index is 1.43. The van der Waals surface area contributed by atoms with E-state index in [1.807, 2.05) is 0 Å². The van der Waals surface area contributed by atoms with Crippen molar-refractivity contribution in [3.05, 3.63) is 93.8 Å². The number of phenols is 1. The lowest BCUT2D eigenvalue weighted by Crippen LogP contribution is -2.33. The van der Waals surface area contributed by atoms with Gasteiger partial charge < -0.3 is 21.3 Å². The van der Waals surface area contributed by atoms with Crippen molar-refractivity contribution >= 4 is 46.0 Å². The molecular formula is C30H24ClFN6O4. The summed E-state index contributed by atoms with van der Waals surface area (Å²) in [6, 6.07) is 16.4. The van der Waals surface area contributed by atoms with Crippen LogP contribution in [0.4, 0.5) is 16.0 Å². The predicted molar refractivity (Wildman–Crippen MR) is 155 cm³/mol. The van der Waals surface area contributed by atoms with Crippen molar-refractivity contribution in [2.24, 2.45) is 0 Å². The van der Waals surface area contributed by atoms with Crippen LogP contribution >= 0.6 is 11.6 Å². The van der Waals surface area contributed by atoms with E-state index in [1.165, 1.54) is 22.9 Å². The highest BCUT2D eigenvalue weighted by molar-refractivity contribution is 6.32. The zero-order valence-electron chi connectivity index (χ0n) is 22.2. The number of aromatic hydroxyl groups is 1. The first-order chi connectivity index (χ1) is 20.1. The zero-order chi connectivity index (χ0) is 29.8. The number of fused-ring (bicyclic) bond motifs is 2. The highest BCUT2D eigenvalue weighted by Crippen LogP contribution is 2.45. The molecule has 6 rings (SSSR count). The number of aliphatic carboxylic acids is 1. The van der Waals surface area contributed by atoms with Crippen LogP contribution in [0.15, 0.2) is 60.7 Å². The van der Waals surface area contributed by atoms with Crippen molar-refractivity contribution in [2.75, 3.05) is 11.1 Å². The number of halogens is 2. The number of nitrogens with one attached hydrogen (secondary N) is 1. The lowest BCUT2D eigenvalue weighted by Gasteiger charge is -2.23. The van der Waals surface area contributed by atoms with Gasteiger partial charge >= 0.3 is 5.97 Å². The molecule has 42 heavy (non-hydrogen) atoms. The van der Waals surface area contributed by atoms with Crippen LogP contribution in [-0.2, 0) is 28.0 Å². The molecule has 0 bridgehead atoms. The van der Waals surface area contributed by atoms with Crippen LogP contribution in [0.25, 0.3) is 22.4 Å². The molecule has 1 aliphatic rings. The molecule has 0 fully saturated rings. The van der Waals surface area contributed by atoms with Gasteiger partial charge in [-0.05, 0) is 42.7 Å². The molecule has 12 heteroatoms. The molecule has 0 radical (unpaired) electrons. The maximum absolute atomic E-state index is 14.5. The summed E-state index contributed by atoms with van der Waals surface area (Å²) in [7, 11) is 0. The number of hydrogen-bond donors (Lipinski definition) is 4. The van der Waals surface area contributed by atoms with Gasteiger partial charge in [0.1, 0.15) is 34.3 Å². The molecular weight excluding hydrogens is 563 g/mol. The van der Waals surface area contributed by atoms with Gasteiger partial charge in [0.05, 0.1) is 22.6 Å². The smallest absolute Gasteiger partial charge is 0.303 e. The first kappa shape index (κ1) is 27.2. The highest BCUT2D eigenvalue weighted by Gasteiger charge is 2.47. The van der Waals surface area contributed by atoms with E-state index in [0.29, 0.717) is 34.0 Å². The summed E-state index contributed by atoms with van der Waals surface area (Å²) in [5.74, 6) is -1.46. The minimum Gasteiger partial charge on any atom is -0.506 e. The number of nitrogens with zero attached hydrogens (tertiary/aromatic N) is 4. The molecule has 2 aromatic heterocycles. The second kappa shape index (κ2) is 10.1. The molecule has 0 saturated carbocycles. The summed E-state index contributed by atoms with van der Waals surface area (Å²) in [4.78, 5) is 33.4. The lowest BCUT2D eigenvalue weighted by atomic mass is 9.77. The maximum atomic E-state index is 14.5. The second-order valence-electron chi connectivity index (χ2n) is 10.2. The molecule has 1 unspecified atom stereocenters. The van der Waals surface area contributed by atoms with Crippen LogP contribution in [-0.4, -0.2) is 41.8 Å². The standard InChI is InChI=1S/C30H24ClFN6O4/c1-30(17-9-6-15(7-10-17)8-11-23(40)41)24-26(33)34-28(35-27(24)36-29(30)42)25-18-12-22(39)19(31)13-21(18)38(37-25)14-16-4-2-3-5-20(16)32/h2-7,9-10,12-13,39H,8,11,14H2,1H3,(H,40,41)(H3,33,34,35,36,42). The lowest BCUT2D eigenvalue weighted by molar-refractivity contribution is -0.137. The van der Waals surface area contributed by atoms with E-state index in [1.54, 1.807) is 49.4 Å². The fourth-order valence-electron chi connectivity index (χ4n) is 5.30. The van der Waals surface area contributed by atoms with Crippen molar-refractivity contribution in [1.82, 2.24) is 19.7 Å². The van der Waals surface area contributed by atoms with Crippen LogP contribution in [0.3, 0.4) is 0 Å². The van der Waals surface area contributed by atoms with Crippen molar-refractivity contribution in [2.45, 2.75) is 31.7 Å². The second-order valence-corrected chi connectivity index (χ2v) is 10.7. The molecule has 3 aromatic carbocycles. The average molecular weight is 587 g/mol. The fraction of sp³-hybridized carbons (Fsp3) is 0.167. The van der Waals surface area contributed by atoms with Gasteiger partial charge in [0.15, 0.2) is 5.82 Å². The third-order valence-electron chi connectivity index (χ3n) is 7.59. The van der Waals surface area contributed by atoms with Crippen molar-refractivity contribution in [3.8, 4) is 17.3 Å². The summed E-state index contributed by atoms with van der Waals surface area (Å²) in [5.41, 5.74) is 8.30. The topological polar surface area (TPSA) is 156 Å². The summed E-state index contributed by atoms with van der Waals surface area (Å²) in [5, 5.41) is 27.3. The van der Waals surface area contributed by atoms with Crippen LogP contribution in [0.2, 0.25) is 5.02 Å². The third-order valence-corrected chi connectivity index (χ3v) is 7.89. The first-order valence-electron chi connectivity index (χ1n) is 13.0. The Labute approximate surface area is 243 Å². The number of aromatic nitrogens is 4. The Morgan fingerprint density at radius 1 is 1.14 bits per heavy atom. The quantitative estimate of drug-likeness (QED) is 0.210. The van der Waals surface area contributed by atoms with E-state index < -0.39 is 17.2 Å². The van der Waals surface area contributed by atoms with Gasteiger partial charge in [-0.15, -0.1) is 0 Å². The van der Waals surface area contributed by atoms with Crippen molar-refractivity contribution in [3.63, 3.8) is 0 Å². The van der Waals surface area contributed by atoms with Crippen LogP contribution in [0, 0.1) is 5.82 Å². The summed E-state index contributed by atoms with van der Waals surface area (Å²) in [6.45, 7) is 1.79. The van der Waals surface area contributed by atoms with Gasteiger partial charge in [-0.1, -0.05) is 54.1 Å². The summed E-state index contributed by atoms with van der Waals surface area (Å²) < 4.78 is 16.0. The molecule has 0 spiro atoms. The van der Waals surface area contributed by atoms with Gasteiger partial charge in [-0.2, -0.15) is 5.10 Å². The Hall–Kier alpha value is -5.03. The number of phenolic OH excluding ortho intramolecular Hbond substituents is 1. The number of benzene rings is 3. The third kappa shape index (κ3) is 4.47. The average Bonchev–Trinajstić information content (AvgIpc) is 3.43. The maximum Gasteiger partial charge on any atom is 0.303 e. The molecule has 10 nitrogen and oxygen atoms in total. The fourth-order valence-corrected chi connectivity index (χ4v) is 5.46. The van der Waals surface area contributed by atoms with E-state index in [9.17, 15) is 19.1 Å². The van der Waals surface area contributed by atoms with E-state index in [4.69, 9.17) is 22.4 Å². The number of amides is 1. The molecule has 1 amide bonds. The summed E-state index contributed by atoms with van der Waals surface area (Å²) >= 11 is 6.21. The number of carboxylic acids is 1. The number of nitrogen functional groups attached to an aromatic ring is 1. The number of nitrogens with two attached hydrogens (primary N) is 1. The number of carboxylic acid groups (broad SMARTS) is 1. The van der Waals surface area contributed by atoms with Gasteiger partial charge in [0.2, 0.25) is 5.91 Å². The summed E-state index contributed by atoms with van der Waals surface area (Å²) in [6.07, 6.45) is 0.361. The van der Waals surface area contributed by atoms with Gasteiger partial charge in [-0.25, -0.2) is 14.4 Å². The number of carbonyl (C=O) groups is 2. The SMILES string of the molecule is CC1(c2ccc(CCC(=O)O)cc2)C(=O)Nc2nc(-c3nn(Cc4ccccc4F)c4cc(Cl)c(O)cc34)nc(N)c21. The predicted octanol–water partition coefficient (Wildman–Crippen LogP) is 4.90. The van der Waals surface area contributed by atoms with Crippen molar-refractivity contribution in [1.29, 1.82) is 0 Å². The van der Waals surface area contributed by atoms with E-state index in [0.717, 1.165) is 5.56 Å². The molecule has 0 saturated heterocycles.